The summed E-state index contributed by atoms with van der Waals surface area (Å²) in [7, 11) is 0. The van der Waals surface area contributed by atoms with Gasteiger partial charge in [-0.1, -0.05) is 42.5 Å². The van der Waals surface area contributed by atoms with Gasteiger partial charge < -0.3 is 5.32 Å². The van der Waals surface area contributed by atoms with Gasteiger partial charge in [-0.05, 0) is 50.9 Å². The first kappa shape index (κ1) is 16.0. The molecule has 6 heteroatoms. The maximum Gasteiger partial charge on any atom is 0.230 e. The van der Waals surface area contributed by atoms with E-state index in [9.17, 15) is 9.18 Å². The van der Waals surface area contributed by atoms with E-state index in [1.165, 1.54) is 12.1 Å². The Hall–Kier alpha value is -3.54. The number of benzene rings is 3. The van der Waals surface area contributed by atoms with E-state index in [-0.39, 0.29) is 24.0 Å². The van der Waals surface area contributed by atoms with Gasteiger partial charge in [0.05, 0.1) is 6.42 Å². The average molecular weight is 347 g/mol. The number of anilines is 1. The Bertz CT molecular complexity index is 1070. The van der Waals surface area contributed by atoms with Crippen molar-refractivity contribution >= 4 is 22.5 Å². The summed E-state index contributed by atoms with van der Waals surface area (Å²) in [6, 6.07) is 19.5. The van der Waals surface area contributed by atoms with Gasteiger partial charge in [0.1, 0.15) is 5.82 Å². The number of amides is 1. The van der Waals surface area contributed by atoms with Crippen LogP contribution in [0.15, 0.2) is 71.4 Å². The molecular weight excluding hydrogens is 333 g/mol. The number of rotatable bonds is 4. The highest BCUT2D eigenvalue weighted by atomic mass is 19.1. The van der Waals surface area contributed by atoms with Crippen molar-refractivity contribution in [1.82, 2.24) is 10.3 Å². The Balaban J connectivity index is 1.56. The second-order valence-electron chi connectivity index (χ2n) is 5.83. The number of aromatic nitrogens is 2. The number of nitrogens with one attached hydrogen (secondary N) is 1. The second kappa shape index (κ2) is 6.76. The molecule has 3 aromatic carbocycles. The standard InChI is InChI=1S/C20H14FN3O2/c21-16-10-8-14(9-11-16)19-20(24-26-23-19)22-18(25)12-15-6-3-5-13-4-1-2-7-17(13)15/h1-11H,12H2,(H,22,24,25). The van der Waals surface area contributed by atoms with Gasteiger partial charge in [0.15, 0.2) is 5.69 Å². The Morgan fingerprint density at radius 2 is 1.73 bits per heavy atom. The summed E-state index contributed by atoms with van der Waals surface area (Å²) < 4.78 is 17.8. The molecule has 1 N–H and O–H groups in total. The normalized spacial score (nSPS) is 10.8. The van der Waals surface area contributed by atoms with Crippen molar-refractivity contribution in [3.63, 3.8) is 0 Å². The largest absolute Gasteiger partial charge is 0.306 e. The van der Waals surface area contributed by atoms with Crippen LogP contribution in [0.4, 0.5) is 10.2 Å². The molecule has 0 saturated heterocycles. The Kier molecular flexibility index (Phi) is 4.15. The number of carbonyl (C=O) groups excluding carboxylic acids is 1. The summed E-state index contributed by atoms with van der Waals surface area (Å²) in [6.07, 6.45) is 0.192. The topological polar surface area (TPSA) is 68.0 Å². The number of fused-ring (bicyclic) bond motifs is 1. The van der Waals surface area contributed by atoms with Crippen LogP contribution in [0.2, 0.25) is 0 Å². The lowest BCUT2D eigenvalue weighted by Gasteiger charge is -2.07. The fourth-order valence-electron chi connectivity index (χ4n) is 2.86. The van der Waals surface area contributed by atoms with Crippen LogP contribution in [-0.2, 0) is 11.2 Å². The number of halogens is 1. The van der Waals surface area contributed by atoms with Crippen LogP contribution in [0.25, 0.3) is 22.0 Å². The van der Waals surface area contributed by atoms with Gasteiger partial charge in [-0.25, -0.2) is 9.02 Å². The monoisotopic (exact) mass is 347 g/mol. The summed E-state index contributed by atoms with van der Waals surface area (Å²) >= 11 is 0. The number of nitrogens with zero attached hydrogens (tertiary/aromatic N) is 2. The minimum absolute atomic E-state index is 0.192. The fourth-order valence-corrected chi connectivity index (χ4v) is 2.86. The summed E-state index contributed by atoms with van der Waals surface area (Å²) in [4.78, 5) is 12.5. The molecule has 0 aliphatic heterocycles. The highest BCUT2D eigenvalue weighted by Crippen LogP contribution is 2.25. The molecule has 0 radical (unpaired) electrons. The Labute approximate surface area is 148 Å². The van der Waals surface area contributed by atoms with E-state index in [1.807, 2.05) is 42.5 Å². The van der Waals surface area contributed by atoms with Gasteiger partial charge in [0.25, 0.3) is 0 Å². The van der Waals surface area contributed by atoms with Crippen molar-refractivity contribution in [3.05, 3.63) is 78.1 Å². The molecule has 4 rings (SSSR count). The summed E-state index contributed by atoms with van der Waals surface area (Å²) in [6.45, 7) is 0. The first-order valence-electron chi connectivity index (χ1n) is 8.06. The molecule has 1 heterocycles. The van der Waals surface area contributed by atoms with Crippen LogP contribution >= 0.6 is 0 Å². The van der Waals surface area contributed by atoms with Gasteiger partial charge in [-0.3, -0.25) is 4.79 Å². The van der Waals surface area contributed by atoms with Crippen LogP contribution in [0.5, 0.6) is 0 Å². The van der Waals surface area contributed by atoms with Crippen molar-refractivity contribution in [2.24, 2.45) is 0 Å². The molecular formula is C20H14FN3O2. The molecule has 5 nitrogen and oxygen atoms in total. The first-order valence-corrected chi connectivity index (χ1v) is 8.06. The zero-order valence-electron chi connectivity index (χ0n) is 13.6. The van der Waals surface area contributed by atoms with Crippen LogP contribution in [0.1, 0.15) is 5.56 Å². The van der Waals surface area contributed by atoms with E-state index in [0.29, 0.717) is 11.3 Å². The Morgan fingerprint density at radius 3 is 2.58 bits per heavy atom. The quantitative estimate of drug-likeness (QED) is 0.600. The molecule has 0 aliphatic carbocycles. The molecule has 0 fully saturated rings. The molecule has 0 spiro atoms. The molecule has 1 aromatic heterocycles. The van der Waals surface area contributed by atoms with Crippen LogP contribution < -0.4 is 5.32 Å². The maximum atomic E-state index is 13.1. The predicted molar refractivity (Wildman–Crippen MR) is 96.0 cm³/mol. The van der Waals surface area contributed by atoms with Gasteiger partial charge in [-0.2, -0.15) is 0 Å². The van der Waals surface area contributed by atoms with Crippen LogP contribution in [0.3, 0.4) is 0 Å². The molecule has 0 atom stereocenters. The van der Waals surface area contributed by atoms with E-state index >= 15 is 0 Å². The van der Waals surface area contributed by atoms with Crippen molar-refractivity contribution < 1.29 is 13.8 Å². The highest BCUT2D eigenvalue weighted by molar-refractivity contribution is 5.97. The fraction of sp³-hybridized carbons (Fsp3) is 0.0500. The highest BCUT2D eigenvalue weighted by Gasteiger charge is 2.16. The van der Waals surface area contributed by atoms with Gasteiger partial charge >= 0.3 is 0 Å². The molecule has 4 aromatic rings. The van der Waals surface area contributed by atoms with E-state index < -0.39 is 0 Å². The zero-order valence-corrected chi connectivity index (χ0v) is 13.6. The molecule has 0 bridgehead atoms. The second-order valence-corrected chi connectivity index (χ2v) is 5.83. The van der Waals surface area contributed by atoms with E-state index in [1.54, 1.807) is 12.1 Å². The molecule has 1 amide bonds. The summed E-state index contributed by atoms with van der Waals surface area (Å²) in [5.41, 5.74) is 1.88. The molecule has 128 valence electrons. The van der Waals surface area contributed by atoms with Crippen molar-refractivity contribution in [1.29, 1.82) is 0 Å². The number of hydrogen-bond donors (Lipinski definition) is 1. The lowest BCUT2D eigenvalue weighted by Crippen LogP contribution is -2.15. The van der Waals surface area contributed by atoms with Crippen molar-refractivity contribution in [2.45, 2.75) is 6.42 Å². The summed E-state index contributed by atoms with van der Waals surface area (Å²) in [5, 5.41) is 12.4. The third kappa shape index (κ3) is 3.17. The minimum atomic E-state index is -0.355. The number of carbonyl (C=O) groups is 1. The van der Waals surface area contributed by atoms with Gasteiger partial charge in [-0.15, -0.1) is 0 Å². The average Bonchev–Trinajstić information content (AvgIpc) is 3.10. The minimum Gasteiger partial charge on any atom is -0.306 e. The predicted octanol–water partition coefficient (Wildman–Crippen LogP) is 4.21. The maximum absolute atomic E-state index is 13.1. The van der Waals surface area contributed by atoms with Crippen molar-refractivity contribution in [3.8, 4) is 11.3 Å². The van der Waals surface area contributed by atoms with Crippen LogP contribution in [0, 0.1) is 5.82 Å². The third-order valence-corrected chi connectivity index (χ3v) is 4.09. The van der Waals surface area contributed by atoms with E-state index in [2.05, 4.69) is 15.6 Å². The summed E-state index contributed by atoms with van der Waals surface area (Å²) in [5.74, 6) is -0.381. The number of hydrogen-bond acceptors (Lipinski definition) is 4. The lowest BCUT2D eigenvalue weighted by atomic mass is 10.0. The SMILES string of the molecule is O=C(Cc1cccc2ccccc12)Nc1nonc1-c1ccc(F)cc1. The first-order chi connectivity index (χ1) is 12.7. The molecule has 0 unspecified atom stereocenters. The molecule has 0 aliphatic rings. The third-order valence-electron chi connectivity index (χ3n) is 4.09. The lowest BCUT2D eigenvalue weighted by molar-refractivity contribution is -0.115. The van der Waals surface area contributed by atoms with Crippen LogP contribution in [-0.4, -0.2) is 16.2 Å². The van der Waals surface area contributed by atoms with Crippen molar-refractivity contribution in [2.75, 3.05) is 5.32 Å². The van der Waals surface area contributed by atoms with Gasteiger partial charge in [0.2, 0.25) is 11.7 Å². The smallest absolute Gasteiger partial charge is 0.230 e. The van der Waals surface area contributed by atoms with E-state index in [4.69, 9.17) is 4.63 Å². The van der Waals surface area contributed by atoms with E-state index in [0.717, 1.165) is 16.3 Å². The molecule has 0 saturated carbocycles. The zero-order chi connectivity index (χ0) is 17.9. The molecule has 26 heavy (non-hydrogen) atoms. The Morgan fingerprint density at radius 1 is 0.962 bits per heavy atom. The van der Waals surface area contributed by atoms with Gasteiger partial charge in [0, 0.05) is 5.56 Å².